The van der Waals surface area contributed by atoms with Crippen LogP contribution in [0.3, 0.4) is 0 Å². The molecular formula is C12H12O. The zero-order valence-electron chi connectivity index (χ0n) is 7.49. The SMILES string of the molecule is C=CCC1=CCc2ccccc2O1. The standard InChI is InChI=1S/C12H12O/c1-2-5-11-9-8-10-6-3-4-7-12(10)13-11/h2-4,6-7,9H,1,5,8H2. The largest absolute Gasteiger partial charge is 0.461 e. The number of benzene rings is 1. The third kappa shape index (κ3) is 1.64. The molecule has 66 valence electrons. The fourth-order valence-electron chi connectivity index (χ4n) is 1.45. The van der Waals surface area contributed by atoms with E-state index in [4.69, 9.17) is 4.74 Å². The Morgan fingerprint density at radius 2 is 2.23 bits per heavy atom. The van der Waals surface area contributed by atoms with Crippen LogP contribution in [0.5, 0.6) is 5.75 Å². The molecule has 1 aliphatic rings. The van der Waals surface area contributed by atoms with Gasteiger partial charge in [0.1, 0.15) is 11.5 Å². The molecule has 0 fully saturated rings. The van der Waals surface area contributed by atoms with Crippen molar-refractivity contribution in [2.45, 2.75) is 12.8 Å². The van der Waals surface area contributed by atoms with Gasteiger partial charge in [0.2, 0.25) is 0 Å². The zero-order chi connectivity index (χ0) is 9.10. The predicted molar refractivity (Wildman–Crippen MR) is 53.7 cm³/mol. The monoisotopic (exact) mass is 172 g/mol. The van der Waals surface area contributed by atoms with Crippen molar-refractivity contribution < 1.29 is 4.74 Å². The smallest absolute Gasteiger partial charge is 0.130 e. The van der Waals surface area contributed by atoms with Gasteiger partial charge < -0.3 is 4.74 Å². The van der Waals surface area contributed by atoms with Crippen LogP contribution in [0.4, 0.5) is 0 Å². The normalized spacial score (nSPS) is 14.0. The molecule has 1 heterocycles. The minimum Gasteiger partial charge on any atom is -0.461 e. The molecular weight excluding hydrogens is 160 g/mol. The average Bonchev–Trinajstić information content (AvgIpc) is 2.18. The van der Waals surface area contributed by atoms with E-state index in [9.17, 15) is 0 Å². The average molecular weight is 172 g/mol. The Morgan fingerprint density at radius 3 is 3.08 bits per heavy atom. The maximum Gasteiger partial charge on any atom is 0.130 e. The number of allylic oxidation sites excluding steroid dienone is 2. The van der Waals surface area contributed by atoms with Crippen LogP contribution in [0.15, 0.2) is 48.8 Å². The number of hydrogen-bond donors (Lipinski definition) is 0. The zero-order valence-corrected chi connectivity index (χ0v) is 7.49. The van der Waals surface area contributed by atoms with E-state index >= 15 is 0 Å². The second-order valence-corrected chi connectivity index (χ2v) is 3.08. The van der Waals surface area contributed by atoms with Gasteiger partial charge in [-0.1, -0.05) is 24.3 Å². The molecule has 2 rings (SSSR count). The molecule has 1 aliphatic heterocycles. The summed E-state index contributed by atoms with van der Waals surface area (Å²) in [5.74, 6) is 2.00. The highest BCUT2D eigenvalue weighted by Gasteiger charge is 2.09. The van der Waals surface area contributed by atoms with Crippen molar-refractivity contribution in [3.8, 4) is 5.75 Å². The molecule has 13 heavy (non-hydrogen) atoms. The first-order valence-corrected chi connectivity index (χ1v) is 4.46. The van der Waals surface area contributed by atoms with Crippen LogP contribution >= 0.6 is 0 Å². The van der Waals surface area contributed by atoms with E-state index in [2.05, 4.69) is 18.7 Å². The van der Waals surface area contributed by atoms with E-state index in [-0.39, 0.29) is 0 Å². The lowest BCUT2D eigenvalue weighted by Gasteiger charge is -2.16. The maximum absolute atomic E-state index is 5.66. The van der Waals surface area contributed by atoms with E-state index in [1.54, 1.807) is 0 Å². The Balaban J connectivity index is 2.22. The van der Waals surface area contributed by atoms with Crippen LogP contribution < -0.4 is 4.74 Å². The van der Waals surface area contributed by atoms with Crippen molar-refractivity contribution >= 4 is 0 Å². The molecule has 0 amide bonds. The van der Waals surface area contributed by atoms with Crippen molar-refractivity contribution in [2.75, 3.05) is 0 Å². The third-order valence-electron chi connectivity index (χ3n) is 2.11. The summed E-state index contributed by atoms with van der Waals surface area (Å²) in [7, 11) is 0. The lowest BCUT2D eigenvalue weighted by molar-refractivity contribution is 0.400. The molecule has 0 aliphatic carbocycles. The Labute approximate surface area is 78.3 Å². The van der Waals surface area contributed by atoms with E-state index in [1.165, 1.54) is 5.56 Å². The molecule has 1 heteroatoms. The molecule has 0 saturated heterocycles. The van der Waals surface area contributed by atoms with E-state index in [0.717, 1.165) is 24.4 Å². The van der Waals surface area contributed by atoms with E-state index in [1.807, 2.05) is 24.3 Å². The third-order valence-corrected chi connectivity index (χ3v) is 2.11. The van der Waals surface area contributed by atoms with Crippen LogP contribution in [0.2, 0.25) is 0 Å². The molecule has 0 atom stereocenters. The number of ether oxygens (including phenoxy) is 1. The van der Waals surface area contributed by atoms with Gasteiger partial charge in [0.05, 0.1) is 0 Å². The minimum absolute atomic E-state index is 0.814. The van der Waals surface area contributed by atoms with Gasteiger partial charge in [0.25, 0.3) is 0 Å². The number of para-hydroxylation sites is 1. The minimum atomic E-state index is 0.814. The van der Waals surface area contributed by atoms with Gasteiger partial charge in [-0.15, -0.1) is 6.58 Å². The summed E-state index contributed by atoms with van der Waals surface area (Å²) in [6.07, 6.45) is 5.76. The Hall–Kier alpha value is -1.50. The fraction of sp³-hybridized carbons (Fsp3) is 0.167. The van der Waals surface area contributed by atoms with E-state index < -0.39 is 0 Å². The number of hydrogen-bond acceptors (Lipinski definition) is 1. The Bertz CT molecular complexity index is 350. The van der Waals surface area contributed by atoms with Crippen LogP contribution in [0.1, 0.15) is 12.0 Å². The van der Waals surface area contributed by atoms with Crippen LogP contribution in [-0.2, 0) is 6.42 Å². The van der Waals surface area contributed by atoms with Gasteiger partial charge in [-0.2, -0.15) is 0 Å². The molecule has 0 bridgehead atoms. The van der Waals surface area contributed by atoms with Crippen LogP contribution in [-0.4, -0.2) is 0 Å². The van der Waals surface area contributed by atoms with Gasteiger partial charge in [-0.25, -0.2) is 0 Å². The highest BCUT2D eigenvalue weighted by atomic mass is 16.5. The molecule has 1 aromatic rings. The summed E-state index contributed by atoms with van der Waals surface area (Å²) in [4.78, 5) is 0. The second-order valence-electron chi connectivity index (χ2n) is 3.08. The molecule has 0 aromatic heterocycles. The second kappa shape index (κ2) is 3.48. The summed E-state index contributed by atoms with van der Waals surface area (Å²) in [5.41, 5.74) is 1.26. The molecule has 0 unspecified atom stereocenters. The number of rotatable bonds is 2. The highest BCUT2D eigenvalue weighted by Crippen LogP contribution is 2.26. The van der Waals surface area contributed by atoms with Crippen molar-refractivity contribution in [1.82, 2.24) is 0 Å². The molecule has 0 N–H and O–H groups in total. The van der Waals surface area contributed by atoms with Crippen LogP contribution in [0, 0.1) is 0 Å². The molecule has 0 saturated carbocycles. The first-order chi connectivity index (χ1) is 6.40. The molecule has 1 nitrogen and oxygen atoms in total. The van der Waals surface area contributed by atoms with Crippen molar-refractivity contribution in [1.29, 1.82) is 0 Å². The predicted octanol–water partition coefficient (Wildman–Crippen LogP) is 3.08. The van der Waals surface area contributed by atoms with Crippen molar-refractivity contribution in [3.63, 3.8) is 0 Å². The van der Waals surface area contributed by atoms with E-state index in [0.29, 0.717) is 0 Å². The summed E-state index contributed by atoms with van der Waals surface area (Å²) >= 11 is 0. The summed E-state index contributed by atoms with van der Waals surface area (Å²) < 4.78 is 5.66. The van der Waals surface area contributed by atoms with Crippen molar-refractivity contribution in [2.24, 2.45) is 0 Å². The van der Waals surface area contributed by atoms with Gasteiger partial charge in [0.15, 0.2) is 0 Å². The fourth-order valence-corrected chi connectivity index (χ4v) is 1.45. The summed E-state index contributed by atoms with van der Waals surface area (Å²) in [6, 6.07) is 8.13. The van der Waals surface area contributed by atoms with Gasteiger partial charge in [0, 0.05) is 6.42 Å². The van der Waals surface area contributed by atoms with Gasteiger partial charge >= 0.3 is 0 Å². The van der Waals surface area contributed by atoms with Gasteiger partial charge in [-0.3, -0.25) is 0 Å². The molecule has 0 spiro atoms. The Morgan fingerprint density at radius 1 is 1.38 bits per heavy atom. The summed E-state index contributed by atoms with van der Waals surface area (Å²) in [5, 5.41) is 0. The first kappa shape index (κ1) is 8.11. The van der Waals surface area contributed by atoms with Crippen LogP contribution in [0.25, 0.3) is 0 Å². The number of fused-ring (bicyclic) bond motifs is 1. The lowest BCUT2D eigenvalue weighted by atomic mass is 10.1. The van der Waals surface area contributed by atoms with Gasteiger partial charge in [-0.05, 0) is 24.1 Å². The first-order valence-electron chi connectivity index (χ1n) is 4.46. The molecule has 0 radical (unpaired) electrons. The summed E-state index contributed by atoms with van der Waals surface area (Å²) in [6.45, 7) is 3.69. The molecule has 1 aromatic carbocycles. The highest BCUT2D eigenvalue weighted by molar-refractivity contribution is 5.38. The topological polar surface area (TPSA) is 9.23 Å². The van der Waals surface area contributed by atoms with Crippen molar-refractivity contribution in [3.05, 3.63) is 54.3 Å². The lowest BCUT2D eigenvalue weighted by Crippen LogP contribution is -2.03. The Kier molecular flexibility index (Phi) is 2.17. The quantitative estimate of drug-likeness (QED) is 0.623. The maximum atomic E-state index is 5.66.